The number of amides is 1. The van der Waals surface area contributed by atoms with Crippen molar-refractivity contribution in [2.24, 2.45) is 4.99 Å². The molecular formula is C15H14N2OS. The van der Waals surface area contributed by atoms with Crippen molar-refractivity contribution in [3.8, 4) is 0 Å². The van der Waals surface area contributed by atoms with Crippen molar-refractivity contribution in [2.75, 3.05) is 11.9 Å². The number of hydrogen-bond acceptors (Lipinski definition) is 3. The monoisotopic (exact) mass is 270 g/mol. The SMILES string of the molecule is Cc1cc2c(s1)NC(=O)CN=C2c1ccccc1C. The minimum absolute atomic E-state index is 0.0494. The maximum Gasteiger partial charge on any atom is 0.246 e. The molecule has 19 heavy (non-hydrogen) atoms. The van der Waals surface area contributed by atoms with Crippen molar-refractivity contribution < 1.29 is 4.79 Å². The van der Waals surface area contributed by atoms with Gasteiger partial charge in [-0.3, -0.25) is 9.79 Å². The van der Waals surface area contributed by atoms with Gasteiger partial charge in [-0.15, -0.1) is 11.3 Å². The fourth-order valence-corrected chi connectivity index (χ4v) is 3.18. The third-order valence-electron chi connectivity index (χ3n) is 3.14. The molecule has 1 N–H and O–H groups in total. The molecule has 1 amide bonds. The molecule has 0 radical (unpaired) electrons. The Kier molecular flexibility index (Phi) is 2.95. The Morgan fingerprint density at radius 2 is 2.00 bits per heavy atom. The Bertz CT molecular complexity index is 685. The lowest BCUT2D eigenvalue weighted by atomic mass is 9.99. The Morgan fingerprint density at radius 3 is 2.79 bits per heavy atom. The van der Waals surface area contributed by atoms with E-state index >= 15 is 0 Å². The molecule has 2 aromatic rings. The molecule has 0 saturated carbocycles. The van der Waals surface area contributed by atoms with Crippen LogP contribution in [0, 0.1) is 13.8 Å². The number of benzene rings is 1. The third-order valence-corrected chi connectivity index (χ3v) is 4.11. The molecule has 0 fully saturated rings. The van der Waals surface area contributed by atoms with Gasteiger partial charge in [0.25, 0.3) is 0 Å². The number of aliphatic imine (C=N–C) groups is 1. The minimum atomic E-state index is -0.0494. The Morgan fingerprint density at radius 1 is 1.21 bits per heavy atom. The number of thiophene rings is 1. The van der Waals surface area contributed by atoms with Crippen LogP contribution in [0.3, 0.4) is 0 Å². The zero-order valence-electron chi connectivity index (χ0n) is 10.9. The van der Waals surface area contributed by atoms with Crippen LogP contribution in [0.25, 0.3) is 0 Å². The van der Waals surface area contributed by atoms with Crippen LogP contribution in [0.5, 0.6) is 0 Å². The van der Waals surface area contributed by atoms with Gasteiger partial charge in [-0.25, -0.2) is 0 Å². The highest BCUT2D eigenvalue weighted by atomic mass is 32.1. The summed E-state index contributed by atoms with van der Waals surface area (Å²) in [5, 5.41) is 3.83. The van der Waals surface area contributed by atoms with E-state index in [-0.39, 0.29) is 12.5 Å². The van der Waals surface area contributed by atoms with Crippen LogP contribution in [-0.4, -0.2) is 18.2 Å². The smallest absolute Gasteiger partial charge is 0.246 e. The molecule has 0 bridgehead atoms. The number of nitrogens with one attached hydrogen (secondary N) is 1. The Hall–Kier alpha value is -1.94. The fraction of sp³-hybridized carbons (Fsp3) is 0.200. The zero-order valence-corrected chi connectivity index (χ0v) is 11.7. The van der Waals surface area contributed by atoms with Crippen LogP contribution >= 0.6 is 11.3 Å². The van der Waals surface area contributed by atoms with Gasteiger partial charge in [0.1, 0.15) is 11.5 Å². The van der Waals surface area contributed by atoms with E-state index < -0.39 is 0 Å². The number of carbonyl (C=O) groups excluding carboxylic acids is 1. The first-order chi connectivity index (χ1) is 9.15. The molecule has 0 atom stereocenters. The standard InChI is InChI=1S/C15H14N2OS/c1-9-5-3-4-6-11(9)14-12-7-10(2)19-15(12)17-13(18)8-16-14/h3-7H,8H2,1-2H3,(H,17,18). The lowest BCUT2D eigenvalue weighted by molar-refractivity contribution is -0.114. The lowest BCUT2D eigenvalue weighted by Crippen LogP contribution is -2.12. The number of carbonyl (C=O) groups is 1. The first-order valence-electron chi connectivity index (χ1n) is 6.16. The first kappa shape index (κ1) is 12.1. The maximum absolute atomic E-state index is 11.7. The summed E-state index contributed by atoms with van der Waals surface area (Å²) >= 11 is 1.60. The Labute approximate surface area is 116 Å². The van der Waals surface area contributed by atoms with Crippen molar-refractivity contribution in [1.82, 2.24) is 0 Å². The third kappa shape index (κ3) is 2.19. The van der Waals surface area contributed by atoms with Gasteiger partial charge in [0.2, 0.25) is 5.91 Å². The highest BCUT2D eigenvalue weighted by Crippen LogP contribution is 2.31. The Balaban J connectivity index is 2.20. The van der Waals surface area contributed by atoms with Gasteiger partial charge in [0.15, 0.2) is 0 Å². The zero-order chi connectivity index (χ0) is 13.4. The summed E-state index contributed by atoms with van der Waals surface area (Å²) in [5.41, 5.74) is 4.21. The van der Waals surface area contributed by atoms with E-state index in [1.165, 1.54) is 10.4 Å². The lowest BCUT2D eigenvalue weighted by Gasteiger charge is -2.08. The molecule has 1 aliphatic heterocycles. The van der Waals surface area contributed by atoms with E-state index in [0.29, 0.717) is 0 Å². The van der Waals surface area contributed by atoms with Gasteiger partial charge < -0.3 is 5.32 Å². The van der Waals surface area contributed by atoms with Crippen LogP contribution in [0.1, 0.15) is 21.6 Å². The fourth-order valence-electron chi connectivity index (χ4n) is 2.25. The van der Waals surface area contributed by atoms with Crippen LogP contribution in [0.4, 0.5) is 5.00 Å². The van der Waals surface area contributed by atoms with Gasteiger partial charge in [-0.2, -0.15) is 0 Å². The average molecular weight is 270 g/mol. The van der Waals surface area contributed by atoms with E-state index in [4.69, 9.17) is 0 Å². The molecule has 1 aliphatic rings. The highest BCUT2D eigenvalue weighted by molar-refractivity contribution is 7.16. The van der Waals surface area contributed by atoms with Gasteiger partial charge in [-0.1, -0.05) is 24.3 Å². The predicted molar refractivity (Wildman–Crippen MR) is 79.4 cm³/mol. The quantitative estimate of drug-likeness (QED) is 0.849. The first-order valence-corrected chi connectivity index (χ1v) is 6.98. The van der Waals surface area contributed by atoms with Gasteiger partial charge in [0.05, 0.1) is 5.71 Å². The summed E-state index contributed by atoms with van der Waals surface area (Å²) in [4.78, 5) is 17.4. The van der Waals surface area contributed by atoms with Crippen LogP contribution in [0.15, 0.2) is 35.3 Å². The number of hydrogen-bond donors (Lipinski definition) is 1. The normalized spacial score (nSPS) is 14.4. The van der Waals surface area contributed by atoms with Crippen LogP contribution in [0.2, 0.25) is 0 Å². The van der Waals surface area contributed by atoms with Gasteiger partial charge in [0, 0.05) is 16.0 Å². The number of aryl methyl sites for hydroxylation is 2. The summed E-state index contributed by atoms with van der Waals surface area (Å²) in [6.07, 6.45) is 0. The molecule has 0 aliphatic carbocycles. The summed E-state index contributed by atoms with van der Waals surface area (Å²) in [6.45, 7) is 4.29. The summed E-state index contributed by atoms with van der Waals surface area (Å²) in [7, 11) is 0. The molecule has 3 nitrogen and oxygen atoms in total. The molecule has 1 aromatic carbocycles. The van der Waals surface area contributed by atoms with Crippen molar-refractivity contribution in [3.05, 3.63) is 51.9 Å². The van der Waals surface area contributed by atoms with E-state index in [2.05, 4.69) is 35.4 Å². The molecule has 0 unspecified atom stereocenters. The summed E-state index contributed by atoms with van der Waals surface area (Å²) in [6, 6.07) is 10.2. The second kappa shape index (κ2) is 4.63. The molecule has 0 spiro atoms. The number of nitrogens with zero attached hydrogens (tertiary/aromatic N) is 1. The highest BCUT2D eigenvalue weighted by Gasteiger charge is 2.20. The number of fused-ring (bicyclic) bond motifs is 1. The van der Waals surface area contributed by atoms with Crippen LogP contribution in [-0.2, 0) is 4.79 Å². The number of rotatable bonds is 1. The van der Waals surface area contributed by atoms with E-state index in [0.717, 1.165) is 21.8 Å². The molecular weight excluding hydrogens is 256 g/mol. The van der Waals surface area contributed by atoms with Crippen molar-refractivity contribution in [3.63, 3.8) is 0 Å². The largest absolute Gasteiger partial charge is 0.316 e. The van der Waals surface area contributed by atoms with Crippen molar-refractivity contribution in [1.29, 1.82) is 0 Å². The second-order valence-electron chi connectivity index (χ2n) is 4.63. The number of anilines is 1. The van der Waals surface area contributed by atoms with E-state index in [1.54, 1.807) is 11.3 Å². The van der Waals surface area contributed by atoms with Crippen molar-refractivity contribution >= 4 is 28.0 Å². The molecule has 3 rings (SSSR count). The molecule has 2 heterocycles. The summed E-state index contributed by atoms with van der Waals surface area (Å²) < 4.78 is 0. The van der Waals surface area contributed by atoms with Gasteiger partial charge in [-0.05, 0) is 25.5 Å². The molecule has 4 heteroatoms. The molecule has 96 valence electrons. The average Bonchev–Trinajstić information content (AvgIpc) is 2.65. The summed E-state index contributed by atoms with van der Waals surface area (Å²) in [5.74, 6) is -0.0494. The predicted octanol–water partition coefficient (Wildman–Crippen LogP) is 3.15. The second-order valence-corrected chi connectivity index (χ2v) is 5.88. The van der Waals surface area contributed by atoms with Gasteiger partial charge >= 0.3 is 0 Å². The maximum atomic E-state index is 11.7. The topological polar surface area (TPSA) is 41.5 Å². The molecule has 1 aromatic heterocycles. The van der Waals surface area contributed by atoms with Crippen molar-refractivity contribution in [2.45, 2.75) is 13.8 Å². The van der Waals surface area contributed by atoms with E-state index in [1.807, 2.05) is 19.1 Å². The minimum Gasteiger partial charge on any atom is -0.316 e. The molecule has 0 saturated heterocycles. The van der Waals surface area contributed by atoms with E-state index in [9.17, 15) is 4.79 Å². The van der Waals surface area contributed by atoms with Crippen LogP contribution < -0.4 is 5.32 Å².